The van der Waals surface area contributed by atoms with E-state index < -0.39 is 10.0 Å². The Kier molecular flexibility index (Phi) is 7.23. The predicted octanol–water partition coefficient (Wildman–Crippen LogP) is 3.46. The number of hydrogen-bond acceptors (Lipinski definition) is 4. The van der Waals surface area contributed by atoms with Gasteiger partial charge in [0.05, 0.1) is 16.3 Å². The Morgan fingerprint density at radius 1 is 0.933 bits per heavy atom. The third kappa shape index (κ3) is 5.25. The number of piperidine rings is 1. The van der Waals surface area contributed by atoms with Crippen molar-refractivity contribution >= 4 is 33.2 Å². The number of rotatable bonds is 7. The van der Waals surface area contributed by atoms with Gasteiger partial charge in [-0.05, 0) is 43.5 Å². The summed E-state index contributed by atoms with van der Waals surface area (Å²) in [5.74, 6) is -0.547. The monoisotopic (exact) mass is 429 g/mol. The molecule has 2 amide bonds. The Labute approximate surface area is 177 Å². The summed E-state index contributed by atoms with van der Waals surface area (Å²) in [6.07, 6.45) is 2.05. The Bertz CT molecular complexity index is 984. The van der Waals surface area contributed by atoms with Crippen molar-refractivity contribution in [1.29, 1.82) is 0 Å². The number of nitrogens with zero attached hydrogens (tertiary/aromatic N) is 1. The standard InChI is InChI=1S/C22H27N3O4S/c1-2-8-21(26)23-19-11-6-7-12-20(19)24-22(27)17-13-15-25(16-14-17)30(28,29)18-9-4-3-5-10-18/h3-7,9-12,17H,2,8,13-16H2,1H3,(H,23,26)(H,24,27). The van der Waals surface area contributed by atoms with E-state index in [1.165, 1.54) is 4.31 Å². The van der Waals surface area contributed by atoms with E-state index in [4.69, 9.17) is 0 Å². The molecule has 3 rings (SSSR count). The molecule has 160 valence electrons. The van der Waals surface area contributed by atoms with E-state index in [1.54, 1.807) is 54.6 Å². The van der Waals surface area contributed by atoms with E-state index in [1.807, 2.05) is 6.92 Å². The number of nitrogens with one attached hydrogen (secondary N) is 2. The van der Waals surface area contributed by atoms with Gasteiger partial charge in [-0.1, -0.05) is 37.3 Å². The molecule has 0 spiro atoms. The first-order valence-corrected chi connectivity index (χ1v) is 11.6. The zero-order valence-corrected chi connectivity index (χ0v) is 17.8. The molecule has 1 aliphatic rings. The summed E-state index contributed by atoms with van der Waals surface area (Å²) in [6, 6.07) is 15.4. The summed E-state index contributed by atoms with van der Waals surface area (Å²) in [5.41, 5.74) is 1.11. The second-order valence-corrected chi connectivity index (χ2v) is 9.26. The molecule has 0 aliphatic carbocycles. The van der Waals surface area contributed by atoms with Crippen molar-refractivity contribution in [3.8, 4) is 0 Å². The van der Waals surface area contributed by atoms with Crippen LogP contribution in [0, 0.1) is 5.92 Å². The summed E-state index contributed by atoms with van der Waals surface area (Å²) in [4.78, 5) is 24.9. The van der Waals surface area contributed by atoms with Crippen LogP contribution < -0.4 is 10.6 Å². The van der Waals surface area contributed by atoms with Crippen molar-refractivity contribution in [2.45, 2.75) is 37.5 Å². The van der Waals surface area contributed by atoms with Crippen molar-refractivity contribution in [3.05, 3.63) is 54.6 Å². The Morgan fingerprint density at radius 3 is 2.10 bits per heavy atom. The molecule has 0 saturated carbocycles. The van der Waals surface area contributed by atoms with Gasteiger partial charge in [-0.3, -0.25) is 9.59 Å². The van der Waals surface area contributed by atoms with Crippen LogP contribution in [-0.4, -0.2) is 37.6 Å². The first-order chi connectivity index (χ1) is 14.4. The van der Waals surface area contributed by atoms with Crippen LogP contribution >= 0.6 is 0 Å². The molecule has 1 aliphatic heterocycles. The first-order valence-electron chi connectivity index (χ1n) is 10.2. The van der Waals surface area contributed by atoms with Crippen LogP contribution in [0.15, 0.2) is 59.5 Å². The molecule has 1 fully saturated rings. The van der Waals surface area contributed by atoms with Gasteiger partial charge >= 0.3 is 0 Å². The molecular weight excluding hydrogens is 402 g/mol. The lowest BCUT2D eigenvalue weighted by atomic mass is 9.97. The second kappa shape index (κ2) is 9.86. The molecule has 30 heavy (non-hydrogen) atoms. The molecule has 0 bridgehead atoms. The highest BCUT2D eigenvalue weighted by Crippen LogP contribution is 2.27. The first kappa shape index (κ1) is 22.0. The fourth-order valence-electron chi connectivity index (χ4n) is 3.48. The lowest BCUT2D eigenvalue weighted by Crippen LogP contribution is -2.41. The third-order valence-electron chi connectivity index (χ3n) is 5.14. The Morgan fingerprint density at radius 2 is 1.50 bits per heavy atom. The topological polar surface area (TPSA) is 95.6 Å². The highest BCUT2D eigenvalue weighted by Gasteiger charge is 2.32. The van der Waals surface area contributed by atoms with E-state index in [9.17, 15) is 18.0 Å². The fourth-order valence-corrected chi connectivity index (χ4v) is 4.97. The van der Waals surface area contributed by atoms with Gasteiger partial charge < -0.3 is 10.6 Å². The Hall–Kier alpha value is -2.71. The van der Waals surface area contributed by atoms with Crippen LogP contribution in [0.25, 0.3) is 0 Å². The fraction of sp³-hybridized carbons (Fsp3) is 0.364. The van der Waals surface area contributed by atoms with E-state index in [2.05, 4.69) is 10.6 Å². The van der Waals surface area contributed by atoms with Gasteiger partial charge in [-0.15, -0.1) is 0 Å². The SMILES string of the molecule is CCCC(=O)Nc1ccccc1NC(=O)C1CCN(S(=O)(=O)c2ccccc2)CC1. The van der Waals surface area contributed by atoms with Crippen molar-refractivity contribution in [3.63, 3.8) is 0 Å². The molecule has 0 aromatic heterocycles. The van der Waals surface area contributed by atoms with Crippen molar-refractivity contribution in [1.82, 2.24) is 4.31 Å². The Balaban J connectivity index is 1.61. The van der Waals surface area contributed by atoms with Gasteiger partial charge in [-0.25, -0.2) is 8.42 Å². The molecule has 1 heterocycles. The molecule has 2 N–H and O–H groups in total. The average Bonchev–Trinajstić information content (AvgIpc) is 2.76. The van der Waals surface area contributed by atoms with Gasteiger partial charge in [0, 0.05) is 25.4 Å². The molecule has 8 heteroatoms. The van der Waals surface area contributed by atoms with Gasteiger partial charge in [0.25, 0.3) is 0 Å². The molecule has 0 atom stereocenters. The zero-order chi connectivity index (χ0) is 21.6. The number of carbonyl (C=O) groups is 2. The quantitative estimate of drug-likeness (QED) is 0.705. The number of amides is 2. The third-order valence-corrected chi connectivity index (χ3v) is 7.05. The van der Waals surface area contributed by atoms with Crippen LogP contribution in [0.1, 0.15) is 32.6 Å². The minimum Gasteiger partial charge on any atom is -0.324 e. The summed E-state index contributed by atoms with van der Waals surface area (Å²) >= 11 is 0. The van der Waals surface area contributed by atoms with Gasteiger partial charge in [-0.2, -0.15) is 4.31 Å². The highest BCUT2D eigenvalue weighted by molar-refractivity contribution is 7.89. The van der Waals surface area contributed by atoms with Crippen LogP contribution in [-0.2, 0) is 19.6 Å². The highest BCUT2D eigenvalue weighted by atomic mass is 32.2. The maximum absolute atomic E-state index is 12.8. The zero-order valence-electron chi connectivity index (χ0n) is 17.0. The van der Waals surface area contributed by atoms with Crippen molar-refractivity contribution < 1.29 is 18.0 Å². The van der Waals surface area contributed by atoms with E-state index in [-0.39, 0.29) is 22.6 Å². The maximum Gasteiger partial charge on any atom is 0.243 e. The molecular formula is C22H27N3O4S. The lowest BCUT2D eigenvalue weighted by molar-refractivity contribution is -0.121. The van der Waals surface area contributed by atoms with E-state index in [0.29, 0.717) is 43.7 Å². The van der Waals surface area contributed by atoms with Crippen LogP contribution in [0.4, 0.5) is 11.4 Å². The molecule has 0 unspecified atom stereocenters. The summed E-state index contributed by atoms with van der Waals surface area (Å²) < 4.78 is 26.9. The van der Waals surface area contributed by atoms with Crippen molar-refractivity contribution in [2.75, 3.05) is 23.7 Å². The summed E-state index contributed by atoms with van der Waals surface area (Å²) in [7, 11) is -3.54. The number of hydrogen-bond donors (Lipinski definition) is 2. The van der Waals surface area contributed by atoms with E-state index >= 15 is 0 Å². The molecule has 2 aromatic rings. The lowest BCUT2D eigenvalue weighted by Gasteiger charge is -2.30. The largest absolute Gasteiger partial charge is 0.324 e. The molecule has 1 saturated heterocycles. The predicted molar refractivity (Wildman–Crippen MR) is 117 cm³/mol. The number of anilines is 2. The molecule has 7 nitrogen and oxygen atoms in total. The van der Waals surface area contributed by atoms with Crippen LogP contribution in [0.5, 0.6) is 0 Å². The number of benzene rings is 2. The molecule has 0 radical (unpaired) electrons. The summed E-state index contributed by atoms with van der Waals surface area (Å²) in [5, 5.41) is 5.72. The number of para-hydroxylation sites is 2. The average molecular weight is 430 g/mol. The normalized spacial score (nSPS) is 15.5. The second-order valence-electron chi connectivity index (χ2n) is 7.32. The summed E-state index contributed by atoms with van der Waals surface area (Å²) in [6.45, 7) is 2.52. The minimum atomic E-state index is -3.54. The van der Waals surface area contributed by atoms with E-state index in [0.717, 1.165) is 6.42 Å². The van der Waals surface area contributed by atoms with Crippen LogP contribution in [0.2, 0.25) is 0 Å². The number of carbonyl (C=O) groups excluding carboxylic acids is 2. The van der Waals surface area contributed by atoms with Crippen molar-refractivity contribution in [2.24, 2.45) is 5.92 Å². The molecule has 2 aromatic carbocycles. The minimum absolute atomic E-state index is 0.0985. The van der Waals surface area contributed by atoms with Gasteiger partial charge in [0.1, 0.15) is 0 Å². The smallest absolute Gasteiger partial charge is 0.243 e. The van der Waals surface area contributed by atoms with Gasteiger partial charge in [0.2, 0.25) is 21.8 Å². The maximum atomic E-state index is 12.8. The number of sulfonamides is 1. The van der Waals surface area contributed by atoms with Crippen LogP contribution in [0.3, 0.4) is 0 Å². The van der Waals surface area contributed by atoms with Gasteiger partial charge in [0.15, 0.2) is 0 Å².